The molecule has 0 unspecified atom stereocenters. The summed E-state index contributed by atoms with van der Waals surface area (Å²) in [5, 5.41) is 9.43. The standard InChI is InChI=1S/C13H18ClNO4S/c1-8(2)7-11(13(16)17)15-20(18,19)12-6-4-5-10(14)9(12)3/h4-6,8,11,15H,7H2,1-3H3,(H,16,17)/t11-/m1/s1. The lowest BCUT2D eigenvalue weighted by atomic mass is 10.1. The van der Waals surface area contributed by atoms with Crippen LogP contribution in [-0.4, -0.2) is 25.5 Å². The van der Waals surface area contributed by atoms with Gasteiger partial charge in [-0.25, -0.2) is 8.42 Å². The second-order valence-corrected chi connectivity index (χ2v) is 7.09. The highest BCUT2D eigenvalue weighted by Gasteiger charge is 2.27. The van der Waals surface area contributed by atoms with Crippen molar-refractivity contribution in [3.63, 3.8) is 0 Å². The van der Waals surface area contributed by atoms with E-state index in [0.29, 0.717) is 10.6 Å². The molecular formula is C13H18ClNO4S. The highest BCUT2D eigenvalue weighted by Crippen LogP contribution is 2.23. The number of hydrogen-bond donors (Lipinski definition) is 2. The van der Waals surface area contributed by atoms with Gasteiger partial charge in [0.2, 0.25) is 10.0 Å². The molecule has 7 heteroatoms. The average molecular weight is 320 g/mol. The van der Waals surface area contributed by atoms with Gasteiger partial charge in [-0.15, -0.1) is 0 Å². The van der Waals surface area contributed by atoms with Crippen LogP contribution in [0.1, 0.15) is 25.8 Å². The van der Waals surface area contributed by atoms with Crippen molar-refractivity contribution < 1.29 is 18.3 Å². The van der Waals surface area contributed by atoms with Gasteiger partial charge in [-0.05, 0) is 37.0 Å². The number of halogens is 1. The Balaban J connectivity index is 3.10. The Morgan fingerprint density at radius 1 is 1.40 bits per heavy atom. The Bertz CT molecular complexity index is 598. The van der Waals surface area contributed by atoms with Crippen LogP contribution in [-0.2, 0) is 14.8 Å². The molecule has 0 aliphatic rings. The molecule has 0 amide bonds. The van der Waals surface area contributed by atoms with Crippen molar-refractivity contribution in [1.29, 1.82) is 0 Å². The van der Waals surface area contributed by atoms with Crippen LogP contribution in [0, 0.1) is 12.8 Å². The van der Waals surface area contributed by atoms with Crippen LogP contribution in [0.15, 0.2) is 23.1 Å². The first kappa shape index (κ1) is 16.9. The molecule has 5 nitrogen and oxygen atoms in total. The highest BCUT2D eigenvalue weighted by atomic mass is 35.5. The fraction of sp³-hybridized carbons (Fsp3) is 0.462. The van der Waals surface area contributed by atoms with Crippen molar-refractivity contribution in [2.75, 3.05) is 0 Å². The van der Waals surface area contributed by atoms with E-state index in [9.17, 15) is 13.2 Å². The van der Waals surface area contributed by atoms with Gasteiger partial charge in [-0.1, -0.05) is 31.5 Å². The maximum absolute atomic E-state index is 12.3. The third-order valence-corrected chi connectivity index (χ3v) is 4.84. The second-order valence-electron chi connectivity index (χ2n) is 5.00. The van der Waals surface area contributed by atoms with Gasteiger partial charge in [0, 0.05) is 5.02 Å². The zero-order chi connectivity index (χ0) is 15.5. The molecule has 20 heavy (non-hydrogen) atoms. The minimum absolute atomic E-state index is 0.00000567. The van der Waals surface area contributed by atoms with Crippen LogP contribution in [0.25, 0.3) is 0 Å². The summed E-state index contributed by atoms with van der Waals surface area (Å²) < 4.78 is 26.8. The first-order valence-electron chi connectivity index (χ1n) is 6.15. The molecule has 1 aromatic carbocycles. The fourth-order valence-electron chi connectivity index (χ4n) is 1.80. The Hall–Kier alpha value is -1.11. The van der Waals surface area contributed by atoms with Gasteiger partial charge in [-0.2, -0.15) is 4.72 Å². The molecule has 0 fully saturated rings. The number of carbonyl (C=O) groups is 1. The van der Waals surface area contributed by atoms with Crippen LogP contribution in [0.4, 0.5) is 0 Å². The number of carboxylic acids is 1. The summed E-state index contributed by atoms with van der Waals surface area (Å²) in [7, 11) is -3.92. The van der Waals surface area contributed by atoms with Gasteiger partial charge in [0.1, 0.15) is 6.04 Å². The van der Waals surface area contributed by atoms with Crippen LogP contribution < -0.4 is 4.72 Å². The van der Waals surface area contributed by atoms with Gasteiger partial charge in [0.05, 0.1) is 4.90 Å². The average Bonchev–Trinajstić information content (AvgIpc) is 2.30. The SMILES string of the molecule is Cc1c(Cl)cccc1S(=O)(=O)N[C@H](CC(C)C)C(=O)O. The van der Waals surface area contributed by atoms with Gasteiger partial charge in [0.25, 0.3) is 0 Å². The molecule has 1 rings (SSSR count). The Labute approximate surface area is 124 Å². The minimum Gasteiger partial charge on any atom is -0.480 e. The van der Waals surface area contributed by atoms with Crippen LogP contribution in [0.5, 0.6) is 0 Å². The summed E-state index contributed by atoms with van der Waals surface area (Å²) in [5.41, 5.74) is 0.398. The molecule has 0 aliphatic carbocycles. The lowest BCUT2D eigenvalue weighted by Gasteiger charge is -2.17. The van der Waals surface area contributed by atoms with Crippen molar-refractivity contribution in [2.45, 2.75) is 38.1 Å². The molecule has 1 aromatic rings. The number of aliphatic carboxylic acids is 1. The normalized spacial score (nSPS) is 13.4. The van der Waals surface area contributed by atoms with Crippen molar-refractivity contribution in [2.24, 2.45) is 5.92 Å². The first-order chi connectivity index (χ1) is 9.15. The molecule has 1 atom stereocenters. The number of hydrogen-bond acceptors (Lipinski definition) is 3. The number of benzene rings is 1. The molecule has 0 bridgehead atoms. The molecular weight excluding hydrogens is 302 g/mol. The summed E-state index contributed by atoms with van der Waals surface area (Å²) in [5.74, 6) is -1.14. The van der Waals surface area contributed by atoms with Crippen molar-refractivity contribution in [3.05, 3.63) is 28.8 Å². The van der Waals surface area contributed by atoms with E-state index in [2.05, 4.69) is 4.72 Å². The Kier molecular flexibility index (Phi) is 5.56. The second kappa shape index (κ2) is 6.56. The number of sulfonamides is 1. The van der Waals surface area contributed by atoms with Gasteiger partial charge in [0.15, 0.2) is 0 Å². The molecule has 0 spiro atoms. The molecule has 0 radical (unpaired) electrons. The molecule has 0 saturated carbocycles. The minimum atomic E-state index is -3.92. The molecule has 0 aliphatic heterocycles. The largest absolute Gasteiger partial charge is 0.480 e. The van der Waals surface area contributed by atoms with E-state index in [4.69, 9.17) is 16.7 Å². The monoisotopic (exact) mass is 319 g/mol. The smallest absolute Gasteiger partial charge is 0.321 e. The van der Waals surface area contributed by atoms with E-state index in [1.165, 1.54) is 12.1 Å². The van der Waals surface area contributed by atoms with Gasteiger partial charge < -0.3 is 5.11 Å². The van der Waals surface area contributed by atoms with Crippen LogP contribution in [0.2, 0.25) is 5.02 Å². The lowest BCUT2D eigenvalue weighted by molar-refractivity contribution is -0.139. The molecule has 2 N–H and O–H groups in total. The Morgan fingerprint density at radius 2 is 2.00 bits per heavy atom. The van der Waals surface area contributed by atoms with Gasteiger partial charge >= 0.3 is 5.97 Å². The quantitative estimate of drug-likeness (QED) is 0.843. The van der Waals surface area contributed by atoms with Crippen molar-refractivity contribution >= 4 is 27.6 Å². The van der Waals surface area contributed by atoms with Crippen molar-refractivity contribution in [3.8, 4) is 0 Å². The molecule has 112 valence electrons. The predicted octanol–water partition coefficient (Wildman–Crippen LogP) is 2.43. The summed E-state index contributed by atoms with van der Waals surface area (Å²) >= 11 is 5.89. The van der Waals surface area contributed by atoms with E-state index in [0.717, 1.165) is 0 Å². The molecule has 0 saturated heterocycles. The number of nitrogens with one attached hydrogen (secondary N) is 1. The zero-order valence-electron chi connectivity index (χ0n) is 11.6. The van der Waals surface area contributed by atoms with Crippen LogP contribution in [0.3, 0.4) is 0 Å². The van der Waals surface area contributed by atoms with Gasteiger partial charge in [-0.3, -0.25) is 4.79 Å². The maximum atomic E-state index is 12.3. The summed E-state index contributed by atoms with van der Waals surface area (Å²) in [6.45, 7) is 5.23. The summed E-state index contributed by atoms with van der Waals surface area (Å²) in [6.07, 6.45) is 0.216. The summed E-state index contributed by atoms with van der Waals surface area (Å²) in [4.78, 5) is 11.1. The third-order valence-electron chi connectivity index (χ3n) is 2.81. The molecule has 0 heterocycles. The van der Waals surface area contributed by atoms with E-state index in [1.54, 1.807) is 13.0 Å². The first-order valence-corrected chi connectivity index (χ1v) is 8.01. The van der Waals surface area contributed by atoms with E-state index in [-0.39, 0.29) is 17.2 Å². The summed E-state index contributed by atoms with van der Waals surface area (Å²) in [6, 6.07) is 3.34. The third kappa shape index (κ3) is 4.19. The highest BCUT2D eigenvalue weighted by molar-refractivity contribution is 7.89. The van der Waals surface area contributed by atoms with Crippen LogP contribution >= 0.6 is 11.6 Å². The topological polar surface area (TPSA) is 83.5 Å². The van der Waals surface area contributed by atoms with E-state index >= 15 is 0 Å². The lowest BCUT2D eigenvalue weighted by Crippen LogP contribution is -2.41. The fourth-order valence-corrected chi connectivity index (χ4v) is 3.50. The van der Waals surface area contributed by atoms with E-state index < -0.39 is 22.0 Å². The predicted molar refractivity (Wildman–Crippen MR) is 77.4 cm³/mol. The number of rotatable bonds is 6. The zero-order valence-corrected chi connectivity index (χ0v) is 13.1. The Morgan fingerprint density at radius 3 is 2.50 bits per heavy atom. The van der Waals surface area contributed by atoms with E-state index in [1.807, 2.05) is 13.8 Å². The number of carboxylic acid groups (broad SMARTS) is 1. The maximum Gasteiger partial charge on any atom is 0.321 e. The molecule has 0 aromatic heterocycles. The van der Waals surface area contributed by atoms with Crippen molar-refractivity contribution in [1.82, 2.24) is 4.72 Å².